The number of phenols is 1. The summed E-state index contributed by atoms with van der Waals surface area (Å²) in [6.07, 6.45) is 0. The van der Waals surface area contributed by atoms with E-state index in [1.165, 1.54) is 12.1 Å². The fourth-order valence-corrected chi connectivity index (χ4v) is 1.69. The average molecular weight is 265 g/mol. The first kappa shape index (κ1) is 15.0. The Bertz CT molecular complexity index is 503. The molecular formula is C14H19NO4. The molecule has 0 bridgehead atoms. The second-order valence-corrected chi connectivity index (χ2v) is 5.63. The second kappa shape index (κ2) is 5.30. The normalized spacial score (nSPS) is 12.8. The Morgan fingerprint density at radius 3 is 2.26 bits per heavy atom. The zero-order chi connectivity index (χ0) is 14.8. The van der Waals surface area contributed by atoms with Crippen molar-refractivity contribution in [1.82, 2.24) is 5.32 Å². The first-order chi connectivity index (χ1) is 8.62. The molecule has 0 aromatic heterocycles. The second-order valence-electron chi connectivity index (χ2n) is 5.63. The number of aromatic hydroxyl groups is 1. The third-order valence-corrected chi connectivity index (χ3v) is 2.79. The van der Waals surface area contributed by atoms with Gasteiger partial charge in [0.1, 0.15) is 11.8 Å². The SMILES string of the molecule is Cc1ccc(C(=O)N[C@H](C(=O)O)C(C)(C)C)c(O)c1. The summed E-state index contributed by atoms with van der Waals surface area (Å²) in [4.78, 5) is 23.2. The van der Waals surface area contributed by atoms with Gasteiger partial charge in [0.25, 0.3) is 5.91 Å². The summed E-state index contributed by atoms with van der Waals surface area (Å²) in [7, 11) is 0. The number of aliphatic carboxylic acids is 1. The molecular weight excluding hydrogens is 246 g/mol. The Balaban J connectivity index is 2.98. The number of nitrogens with one attached hydrogen (secondary N) is 1. The largest absolute Gasteiger partial charge is 0.507 e. The minimum atomic E-state index is -1.10. The highest BCUT2D eigenvalue weighted by molar-refractivity contribution is 5.99. The highest BCUT2D eigenvalue weighted by Crippen LogP contribution is 2.22. The van der Waals surface area contributed by atoms with E-state index in [0.29, 0.717) is 0 Å². The molecule has 0 saturated carbocycles. The predicted octanol–water partition coefficient (Wildman–Crippen LogP) is 1.93. The summed E-state index contributed by atoms with van der Waals surface area (Å²) in [5.74, 6) is -1.86. The summed E-state index contributed by atoms with van der Waals surface area (Å²) >= 11 is 0. The van der Waals surface area contributed by atoms with Crippen molar-refractivity contribution in [1.29, 1.82) is 0 Å². The minimum absolute atomic E-state index is 0.0705. The van der Waals surface area contributed by atoms with Crippen molar-refractivity contribution in [3.05, 3.63) is 29.3 Å². The van der Waals surface area contributed by atoms with Crippen LogP contribution in [0.15, 0.2) is 18.2 Å². The number of rotatable bonds is 3. The van der Waals surface area contributed by atoms with Gasteiger partial charge in [-0.2, -0.15) is 0 Å². The molecule has 1 amide bonds. The van der Waals surface area contributed by atoms with E-state index >= 15 is 0 Å². The van der Waals surface area contributed by atoms with Gasteiger partial charge in [-0.05, 0) is 30.0 Å². The van der Waals surface area contributed by atoms with E-state index in [0.717, 1.165) is 5.56 Å². The van der Waals surface area contributed by atoms with Gasteiger partial charge in [-0.25, -0.2) is 4.79 Å². The van der Waals surface area contributed by atoms with Crippen molar-refractivity contribution in [3.63, 3.8) is 0 Å². The summed E-state index contributed by atoms with van der Waals surface area (Å²) in [5.41, 5.74) is 0.266. The molecule has 1 aromatic carbocycles. The van der Waals surface area contributed by atoms with Crippen LogP contribution < -0.4 is 5.32 Å². The smallest absolute Gasteiger partial charge is 0.326 e. The number of benzene rings is 1. The summed E-state index contributed by atoms with van der Waals surface area (Å²) in [6, 6.07) is 3.59. The summed E-state index contributed by atoms with van der Waals surface area (Å²) in [6.45, 7) is 6.96. The topological polar surface area (TPSA) is 86.6 Å². The molecule has 0 unspecified atom stereocenters. The molecule has 5 nitrogen and oxygen atoms in total. The first-order valence-electron chi connectivity index (χ1n) is 5.96. The van der Waals surface area contributed by atoms with E-state index < -0.39 is 23.3 Å². The van der Waals surface area contributed by atoms with E-state index in [4.69, 9.17) is 5.11 Å². The predicted molar refractivity (Wildman–Crippen MR) is 71.2 cm³/mol. The van der Waals surface area contributed by atoms with Crippen LogP contribution in [0.3, 0.4) is 0 Å². The number of carboxylic acid groups (broad SMARTS) is 1. The molecule has 5 heteroatoms. The summed E-state index contributed by atoms with van der Waals surface area (Å²) in [5, 5.41) is 21.3. The van der Waals surface area contributed by atoms with Gasteiger partial charge in [-0.1, -0.05) is 26.8 Å². The maximum absolute atomic E-state index is 12.0. The van der Waals surface area contributed by atoms with Gasteiger partial charge in [0.2, 0.25) is 0 Å². The van der Waals surface area contributed by atoms with E-state index in [1.807, 2.05) is 0 Å². The lowest BCUT2D eigenvalue weighted by atomic mass is 9.86. The van der Waals surface area contributed by atoms with E-state index in [9.17, 15) is 14.7 Å². The van der Waals surface area contributed by atoms with Crippen LogP contribution in [-0.4, -0.2) is 28.1 Å². The summed E-state index contributed by atoms with van der Waals surface area (Å²) < 4.78 is 0. The van der Waals surface area contributed by atoms with Crippen molar-refractivity contribution in [2.45, 2.75) is 33.7 Å². The number of aryl methyl sites for hydroxylation is 1. The van der Waals surface area contributed by atoms with Crippen molar-refractivity contribution >= 4 is 11.9 Å². The third-order valence-electron chi connectivity index (χ3n) is 2.79. The molecule has 0 radical (unpaired) electrons. The number of phenolic OH excluding ortho intramolecular Hbond substituents is 1. The Morgan fingerprint density at radius 1 is 1.26 bits per heavy atom. The van der Waals surface area contributed by atoms with Gasteiger partial charge in [-0.3, -0.25) is 4.79 Å². The van der Waals surface area contributed by atoms with Crippen molar-refractivity contribution in [2.75, 3.05) is 0 Å². The molecule has 3 N–H and O–H groups in total. The standard InChI is InChI=1S/C14H19NO4/c1-8-5-6-9(10(16)7-8)12(17)15-11(13(18)19)14(2,3)4/h5-7,11,16H,1-4H3,(H,15,17)(H,18,19)/t11-/m1/s1. The van der Waals surface area contributed by atoms with E-state index in [-0.39, 0.29) is 11.3 Å². The lowest BCUT2D eigenvalue weighted by Crippen LogP contribution is -2.49. The molecule has 104 valence electrons. The van der Waals surface area contributed by atoms with Gasteiger partial charge >= 0.3 is 5.97 Å². The molecule has 19 heavy (non-hydrogen) atoms. The van der Waals surface area contributed by atoms with Gasteiger partial charge in [0.05, 0.1) is 5.56 Å². The first-order valence-corrected chi connectivity index (χ1v) is 5.96. The van der Waals surface area contributed by atoms with Crippen molar-refractivity contribution < 1.29 is 19.8 Å². The molecule has 0 fully saturated rings. The van der Waals surface area contributed by atoms with E-state index in [2.05, 4.69) is 5.32 Å². The Hall–Kier alpha value is -2.04. The molecule has 0 aliphatic carbocycles. The van der Waals surface area contributed by atoms with Crippen LogP contribution in [0.4, 0.5) is 0 Å². The van der Waals surface area contributed by atoms with Crippen molar-refractivity contribution in [2.24, 2.45) is 5.41 Å². The Labute approximate surface area is 112 Å². The zero-order valence-corrected chi connectivity index (χ0v) is 11.5. The third kappa shape index (κ3) is 3.71. The molecule has 0 aliphatic rings. The van der Waals surface area contributed by atoms with Crippen LogP contribution in [0, 0.1) is 12.3 Å². The quantitative estimate of drug-likeness (QED) is 0.779. The number of amides is 1. The maximum Gasteiger partial charge on any atom is 0.326 e. The van der Waals surface area contributed by atoms with Crippen LogP contribution in [0.2, 0.25) is 0 Å². The number of hydrogen-bond acceptors (Lipinski definition) is 3. The molecule has 0 saturated heterocycles. The molecule has 0 heterocycles. The maximum atomic E-state index is 12.0. The van der Waals surface area contributed by atoms with Gasteiger partial charge in [0, 0.05) is 0 Å². The lowest BCUT2D eigenvalue weighted by Gasteiger charge is -2.27. The Morgan fingerprint density at radius 2 is 1.84 bits per heavy atom. The molecule has 1 atom stereocenters. The molecule has 1 aromatic rings. The van der Waals surface area contributed by atoms with Crippen LogP contribution >= 0.6 is 0 Å². The number of carboxylic acids is 1. The Kier molecular flexibility index (Phi) is 4.19. The highest BCUT2D eigenvalue weighted by atomic mass is 16.4. The molecule has 0 aliphatic heterocycles. The van der Waals surface area contributed by atoms with Crippen LogP contribution in [-0.2, 0) is 4.79 Å². The van der Waals surface area contributed by atoms with Gasteiger partial charge < -0.3 is 15.5 Å². The minimum Gasteiger partial charge on any atom is -0.507 e. The molecule has 0 spiro atoms. The lowest BCUT2D eigenvalue weighted by molar-refractivity contribution is -0.142. The highest BCUT2D eigenvalue weighted by Gasteiger charge is 2.33. The van der Waals surface area contributed by atoms with Crippen LogP contribution in [0.5, 0.6) is 5.75 Å². The van der Waals surface area contributed by atoms with Gasteiger partial charge in [0.15, 0.2) is 0 Å². The van der Waals surface area contributed by atoms with Crippen molar-refractivity contribution in [3.8, 4) is 5.75 Å². The number of carbonyl (C=O) groups excluding carboxylic acids is 1. The van der Waals surface area contributed by atoms with E-state index in [1.54, 1.807) is 33.8 Å². The molecule has 1 rings (SSSR count). The monoisotopic (exact) mass is 265 g/mol. The van der Waals surface area contributed by atoms with Crippen LogP contribution in [0.1, 0.15) is 36.7 Å². The average Bonchev–Trinajstić information content (AvgIpc) is 2.23. The fraction of sp³-hybridized carbons (Fsp3) is 0.429. The number of carbonyl (C=O) groups is 2. The number of hydrogen-bond donors (Lipinski definition) is 3. The fourth-order valence-electron chi connectivity index (χ4n) is 1.69. The zero-order valence-electron chi connectivity index (χ0n) is 11.5. The van der Waals surface area contributed by atoms with Crippen LogP contribution in [0.25, 0.3) is 0 Å². The van der Waals surface area contributed by atoms with Gasteiger partial charge in [-0.15, -0.1) is 0 Å².